The number of para-hydroxylation sites is 2. The van der Waals surface area contributed by atoms with Gasteiger partial charge in [-0.05, 0) is 49.4 Å². The summed E-state index contributed by atoms with van der Waals surface area (Å²) < 4.78 is 5.74. The Hall–Kier alpha value is -2.32. The fourth-order valence-corrected chi connectivity index (χ4v) is 3.99. The van der Waals surface area contributed by atoms with E-state index in [4.69, 9.17) is 9.40 Å². The fraction of sp³-hybridized carbons (Fsp3) is 0.278. The van der Waals surface area contributed by atoms with Gasteiger partial charge in [-0.2, -0.15) is 5.26 Å². The first kappa shape index (κ1) is 14.3. The first-order chi connectivity index (χ1) is 11.3. The maximum Gasteiger partial charge on any atom is 0.205 e. The lowest BCUT2D eigenvalue weighted by Crippen LogP contribution is -2.00. The quantitative estimate of drug-likeness (QED) is 0.677. The lowest BCUT2D eigenvalue weighted by atomic mass is 10.0. The van der Waals surface area contributed by atoms with Gasteiger partial charge in [0.25, 0.3) is 0 Å². The maximum atomic E-state index is 9.50. The molecule has 3 aromatic rings. The molecule has 0 bridgehead atoms. The number of nitrogens with zero attached hydrogens (tertiary/aromatic N) is 3. The van der Waals surface area contributed by atoms with E-state index in [0.29, 0.717) is 17.2 Å². The molecule has 0 atom stereocenters. The molecule has 5 heteroatoms. The summed E-state index contributed by atoms with van der Waals surface area (Å²) >= 11 is 1.53. The van der Waals surface area contributed by atoms with Crippen molar-refractivity contribution >= 4 is 22.9 Å². The first-order valence-corrected chi connectivity index (χ1v) is 8.64. The third-order valence-electron chi connectivity index (χ3n) is 4.25. The highest BCUT2D eigenvalue weighted by atomic mass is 32.2. The molecule has 114 valence electrons. The molecule has 0 unspecified atom stereocenters. The summed E-state index contributed by atoms with van der Waals surface area (Å²) in [6.45, 7) is 2.04. The molecule has 0 spiro atoms. The molecule has 2 aromatic heterocycles. The number of hydrogen-bond donors (Lipinski definition) is 0. The number of thioether (sulfide) groups is 1. The smallest absolute Gasteiger partial charge is 0.205 e. The highest BCUT2D eigenvalue weighted by Crippen LogP contribution is 2.33. The lowest BCUT2D eigenvalue weighted by Gasteiger charge is -2.10. The second-order valence-corrected chi connectivity index (χ2v) is 6.64. The van der Waals surface area contributed by atoms with Crippen LogP contribution in [0.4, 0.5) is 0 Å². The molecule has 0 saturated heterocycles. The molecule has 1 aliphatic carbocycles. The lowest BCUT2D eigenvalue weighted by molar-refractivity contribution is 0.556. The van der Waals surface area contributed by atoms with Gasteiger partial charge >= 0.3 is 0 Å². The molecular formula is C18H15N3OS. The number of rotatable bonds is 3. The van der Waals surface area contributed by atoms with E-state index >= 15 is 0 Å². The van der Waals surface area contributed by atoms with E-state index in [9.17, 15) is 5.26 Å². The molecule has 4 nitrogen and oxygen atoms in total. The summed E-state index contributed by atoms with van der Waals surface area (Å²) in [5.41, 5.74) is 5.87. The number of fused-ring (bicyclic) bond motifs is 2. The van der Waals surface area contributed by atoms with E-state index in [1.165, 1.54) is 17.3 Å². The molecule has 1 aromatic carbocycles. The van der Waals surface area contributed by atoms with Crippen molar-refractivity contribution in [1.82, 2.24) is 9.97 Å². The molecule has 0 saturated carbocycles. The van der Waals surface area contributed by atoms with Gasteiger partial charge in [0, 0.05) is 5.69 Å². The summed E-state index contributed by atoms with van der Waals surface area (Å²) in [6, 6.07) is 10.0. The highest BCUT2D eigenvalue weighted by Gasteiger charge is 2.21. The minimum absolute atomic E-state index is 0.578. The minimum atomic E-state index is 0.578. The van der Waals surface area contributed by atoms with E-state index < -0.39 is 0 Å². The van der Waals surface area contributed by atoms with Gasteiger partial charge in [-0.25, -0.2) is 9.97 Å². The van der Waals surface area contributed by atoms with Gasteiger partial charge in [-0.3, -0.25) is 0 Å². The molecule has 0 radical (unpaired) electrons. The van der Waals surface area contributed by atoms with Crippen molar-refractivity contribution in [1.29, 1.82) is 5.26 Å². The van der Waals surface area contributed by atoms with E-state index in [1.54, 1.807) is 0 Å². The number of oxazole rings is 1. The van der Waals surface area contributed by atoms with Crippen molar-refractivity contribution in [2.24, 2.45) is 0 Å². The fourth-order valence-electron chi connectivity index (χ4n) is 3.09. The molecule has 4 rings (SSSR count). The largest absolute Gasteiger partial charge is 0.440 e. The van der Waals surface area contributed by atoms with Gasteiger partial charge in [0.1, 0.15) is 16.6 Å². The average molecular weight is 321 g/mol. The van der Waals surface area contributed by atoms with Crippen molar-refractivity contribution in [2.75, 3.05) is 0 Å². The molecule has 23 heavy (non-hydrogen) atoms. The maximum absolute atomic E-state index is 9.50. The van der Waals surface area contributed by atoms with Crippen molar-refractivity contribution in [3.05, 3.63) is 52.5 Å². The number of hydrogen-bond acceptors (Lipinski definition) is 5. The van der Waals surface area contributed by atoms with E-state index in [-0.39, 0.29) is 0 Å². The monoisotopic (exact) mass is 321 g/mol. The van der Waals surface area contributed by atoms with Crippen LogP contribution in [0, 0.1) is 18.3 Å². The van der Waals surface area contributed by atoms with Gasteiger partial charge < -0.3 is 4.42 Å². The van der Waals surface area contributed by atoms with Crippen LogP contribution in [-0.2, 0) is 18.6 Å². The number of aryl methyl sites for hydroxylation is 1. The van der Waals surface area contributed by atoms with Gasteiger partial charge in [-0.15, -0.1) is 0 Å². The van der Waals surface area contributed by atoms with Crippen LogP contribution < -0.4 is 0 Å². The third kappa shape index (κ3) is 2.49. The minimum Gasteiger partial charge on any atom is -0.440 e. The van der Waals surface area contributed by atoms with Crippen LogP contribution in [0.3, 0.4) is 0 Å². The Morgan fingerprint density at radius 1 is 1.26 bits per heavy atom. The van der Waals surface area contributed by atoms with Gasteiger partial charge in [0.15, 0.2) is 5.58 Å². The van der Waals surface area contributed by atoms with Crippen LogP contribution >= 0.6 is 11.8 Å². The van der Waals surface area contributed by atoms with E-state index in [2.05, 4.69) is 11.1 Å². The van der Waals surface area contributed by atoms with Crippen LogP contribution in [0.5, 0.6) is 0 Å². The van der Waals surface area contributed by atoms with Gasteiger partial charge in [0.05, 0.1) is 11.3 Å². The Labute approximate surface area is 138 Å². The summed E-state index contributed by atoms with van der Waals surface area (Å²) in [6.07, 6.45) is 3.19. The third-order valence-corrected chi connectivity index (χ3v) is 5.21. The molecule has 0 fully saturated rings. The summed E-state index contributed by atoms with van der Waals surface area (Å²) in [5.74, 6) is 1.24. The second-order valence-electron chi connectivity index (χ2n) is 5.67. The molecular weight excluding hydrogens is 306 g/mol. The van der Waals surface area contributed by atoms with E-state index in [1.807, 2.05) is 31.2 Å². The number of benzene rings is 1. The van der Waals surface area contributed by atoms with Gasteiger partial charge in [0.2, 0.25) is 5.89 Å². The van der Waals surface area contributed by atoms with Crippen molar-refractivity contribution < 1.29 is 4.42 Å². The zero-order valence-electron chi connectivity index (χ0n) is 12.8. The second kappa shape index (κ2) is 5.71. The van der Waals surface area contributed by atoms with Crippen molar-refractivity contribution in [3.8, 4) is 6.07 Å². The SMILES string of the molecule is Cc1c(C#N)c(SCc2nc3ccccc3o2)nc2c1CCC2. The summed E-state index contributed by atoms with van der Waals surface area (Å²) in [7, 11) is 0. The predicted molar refractivity (Wildman–Crippen MR) is 89.3 cm³/mol. The number of aromatic nitrogens is 2. The highest BCUT2D eigenvalue weighted by molar-refractivity contribution is 7.98. The molecule has 0 amide bonds. The molecule has 0 N–H and O–H groups in total. The molecule has 1 aliphatic rings. The van der Waals surface area contributed by atoms with Gasteiger partial charge in [-0.1, -0.05) is 23.9 Å². The normalized spacial score (nSPS) is 13.2. The number of nitriles is 1. The Morgan fingerprint density at radius 2 is 2.13 bits per heavy atom. The molecule has 2 heterocycles. The predicted octanol–water partition coefficient (Wildman–Crippen LogP) is 4.18. The Morgan fingerprint density at radius 3 is 2.96 bits per heavy atom. The summed E-state index contributed by atoms with van der Waals surface area (Å²) in [4.78, 5) is 9.20. The standard InChI is InChI=1S/C18H15N3OS/c1-11-12-5-4-7-14(12)21-18(13(11)9-19)23-10-17-20-15-6-2-3-8-16(15)22-17/h2-3,6,8H,4-5,7,10H2,1H3. The van der Waals surface area contributed by atoms with Crippen molar-refractivity contribution in [2.45, 2.75) is 37.0 Å². The Kier molecular flexibility index (Phi) is 3.55. The Balaban J connectivity index is 1.64. The first-order valence-electron chi connectivity index (χ1n) is 7.66. The van der Waals surface area contributed by atoms with Crippen molar-refractivity contribution in [3.63, 3.8) is 0 Å². The average Bonchev–Trinajstić information content (AvgIpc) is 3.19. The zero-order valence-corrected chi connectivity index (χ0v) is 13.6. The Bertz CT molecular complexity index is 906. The number of pyridine rings is 1. The van der Waals surface area contributed by atoms with Crippen LogP contribution in [0.2, 0.25) is 0 Å². The van der Waals surface area contributed by atoms with Crippen LogP contribution in [-0.4, -0.2) is 9.97 Å². The molecule has 0 aliphatic heterocycles. The van der Waals surface area contributed by atoms with Crippen LogP contribution in [0.15, 0.2) is 33.7 Å². The van der Waals surface area contributed by atoms with Crippen LogP contribution in [0.1, 0.15) is 34.7 Å². The zero-order chi connectivity index (χ0) is 15.8. The topological polar surface area (TPSA) is 62.7 Å². The summed E-state index contributed by atoms with van der Waals surface area (Å²) in [5, 5.41) is 10.3. The van der Waals surface area contributed by atoms with Crippen LogP contribution in [0.25, 0.3) is 11.1 Å². The van der Waals surface area contributed by atoms with E-state index in [0.717, 1.165) is 46.6 Å².